The fourth-order valence-corrected chi connectivity index (χ4v) is 5.69. The summed E-state index contributed by atoms with van der Waals surface area (Å²) in [7, 11) is 1.79. The van der Waals surface area contributed by atoms with Crippen molar-refractivity contribution in [2.75, 3.05) is 7.11 Å². The third-order valence-corrected chi connectivity index (χ3v) is 6.93. The Balaban J connectivity index is 1.82. The van der Waals surface area contributed by atoms with Crippen molar-refractivity contribution in [2.45, 2.75) is 13.3 Å². The molecule has 6 rings (SSSR count). The van der Waals surface area contributed by atoms with Crippen LogP contribution in [0.3, 0.4) is 0 Å². The zero-order chi connectivity index (χ0) is 16.7. The van der Waals surface area contributed by atoms with Crippen LogP contribution in [0.1, 0.15) is 11.8 Å². The number of benzene rings is 3. The van der Waals surface area contributed by atoms with Gasteiger partial charge in [-0.2, -0.15) is 0 Å². The van der Waals surface area contributed by atoms with Crippen LogP contribution in [0, 0.1) is 0 Å². The molecule has 0 bridgehead atoms. The quantitative estimate of drug-likeness (QED) is 0.338. The van der Waals surface area contributed by atoms with Gasteiger partial charge in [0.2, 0.25) is 0 Å². The SMILES string of the molecule is CCc1cc2c(s1)-c1ccc3c4c(c(OC)cc-2c14)-c1ccccc1-3. The molecule has 2 aliphatic rings. The number of fused-ring (bicyclic) bond motifs is 6. The summed E-state index contributed by atoms with van der Waals surface area (Å²) in [6.07, 6.45) is 1.09. The van der Waals surface area contributed by atoms with Crippen LogP contribution in [0.15, 0.2) is 48.5 Å². The molecule has 1 nitrogen and oxygen atoms in total. The largest absolute Gasteiger partial charge is 0.496 e. The Morgan fingerprint density at radius 2 is 1.60 bits per heavy atom. The lowest BCUT2D eigenvalue weighted by Gasteiger charge is -2.11. The van der Waals surface area contributed by atoms with Gasteiger partial charge in [0.1, 0.15) is 5.75 Å². The summed E-state index contributed by atoms with van der Waals surface area (Å²) in [5, 5.41) is 2.78. The van der Waals surface area contributed by atoms with Crippen molar-refractivity contribution in [3.05, 3.63) is 53.4 Å². The normalized spacial score (nSPS) is 12.6. The van der Waals surface area contributed by atoms with E-state index in [9.17, 15) is 0 Å². The van der Waals surface area contributed by atoms with Crippen LogP contribution < -0.4 is 4.74 Å². The van der Waals surface area contributed by atoms with E-state index in [1.54, 1.807) is 7.11 Å². The van der Waals surface area contributed by atoms with Gasteiger partial charge in [0.05, 0.1) is 7.11 Å². The van der Waals surface area contributed by atoms with Gasteiger partial charge in [0.25, 0.3) is 0 Å². The van der Waals surface area contributed by atoms with Crippen LogP contribution in [0.5, 0.6) is 5.75 Å². The second-order valence-corrected chi connectivity index (χ2v) is 7.90. The first-order chi connectivity index (χ1) is 12.3. The van der Waals surface area contributed by atoms with Gasteiger partial charge in [-0.3, -0.25) is 0 Å². The highest BCUT2D eigenvalue weighted by Crippen LogP contribution is 2.60. The minimum atomic E-state index is 0.989. The van der Waals surface area contributed by atoms with Gasteiger partial charge in [-0.1, -0.05) is 43.3 Å². The van der Waals surface area contributed by atoms with Gasteiger partial charge in [-0.05, 0) is 46.2 Å². The number of ether oxygens (including phenoxy) is 1. The molecule has 1 heterocycles. The highest BCUT2D eigenvalue weighted by Gasteiger charge is 2.32. The highest BCUT2D eigenvalue weighted by molar-refractivity contribution is 7.16. The Hall–Kier alpha value is -2.58. The molecule has 0 spiro atoms. The van der Waals surface area contributed by atoms with Crippen LogP contribution in [-0.4, -0.2) is 7.11 Å². The van der Waals surface area contributed by atoms with Crippen molar-refractivity contribution in [2.24, 2.45) is 0 Å². The minimum Gasteiger partial charge on any atom is -0.496 e. The molecule has 0 amide bonds. The average Bonchev–Trinajstić information content (AvgIpc) is 3.30. The maximum atomic E-state index is 5.85. The zero-order valence-corrected chi connectivity index (χ0v) is 15.0. The third kappa shape index (κ3) is 1.50. The lowest BCUT2D eigenvalue weighted by molar-refractivity contribution is 0.417. The predicted molar refractivity (Wildman–Crippen MR) is 107 cm³/mol. The molecule has 0 radical (unpaired) electrons. The fraction of sp³-hybridized carbons (Fsp3) is 0.130. The van der Waals surface area contributed by atoms with Crippen LogP contribution in [0.2, 0.25) is 0 Å². The van der Waals surface area contributed by atoms with Crippen molar-refractivity contribution >= 4 is 22.1 Å². The standard InChI is InChI=1S/C23H16OS/c1-3-12-10-18-17-11-19(24-2)21-14-7-5-4-6-13(14)15-8-9-16(23(18)25-12)20(17)22(15)21/h4-11H,3H2,1-2H3. The monoisotopic (exact) mass is 340 g/mol. The Morgan fingerprint density at radius 3 is 2.40 bits per heavy atom. The zero-order valence-electron chi connectivity index (χ0n) is 14.1. The van der Waals surface area contributed by atoms with E-state index in [1.165, 1.54) is 59.5 Å². The lowest BCUT2D eigenvalue weighted by Crippen LogP contribution is -1.88. The van der Waals surface area contributed by atoms with Gasteiger partial charge >= 0.3 is 0 Å². The Morgan fingerprint density at radius 1 is 0.800 bits per heavy atom. The third-order valence-electron chi connectivity index (χ3n) is 5.62. The molecule has 3 aromatic carbocycles. The first kappa shape index (κ1) is 13.7. The number of aryl methyl sites for hydroxylation is 1. The van der Waals surface area contributed by atoms with E-state index in [-0.39, 0.29) is 0 Å². The molecule has 25 heavy (non-hydrogen) atoms. The molecule has 0 saturated heterocycles. The fourth-order valence-electron chi connectivity index (χ4n) is 4.55. The number of hydrogen-bond donors (Lipinski definition) is 0. The van der Waals surface area contributed by atoms with Crippen molar-refractivity contribution in [1.29, 1.82) is 0 Å². The number of thiophene rings is 1. The van der Waals surface area contributed by atoms with Crippen molar-refractivity contribution in [3.63, 3.8) is 0 Å². The van der Waals surface area contributed by atoms with Crippen LogP contribution >= 0.6 is 11.3 Å². The first-order valence-electron chi connectivity index (χ1n) is 8.72. The molecule has 0 fully saturated rings. The number of rotatable bonds is 2. The van der Waals surface area contributed by atoms with Gasteiger partial charge in [-0.25, -0.2) is 0 Å². The van der Waals surface area contributed by atoms with Crippen molar-refractivity contribution < 1.29 is 4.74 Å². The second-order valence-electron chi connectivity index (χ2n) is 6.77. The van der Waals surface area contributed by atoms with Crippen LogP contribution in [-0.2, 0) is 6.42 Å². The maximum Gasteiger partial charge on any atom is 0.127 e. The topological polar surface area (TPSA) is 9.23 Å². The highest BCUT2D eigenvalue weighted by atomic mass is 32.1. The maximum absolute atomic E-state index is 5.85. The summed E-state index contributed by atoms with van der Waals surface area (Å²) in [4.78, 5) is 2.88. The Kier molecular flexibility index (Phi) is 2.48. The van der Waals surface area contributed by atoms with E-state index in [4.69, 9.17) is 4.74 Å². The predicted octanol–water partition coefficient (Wildman–Crippen LogP) is 6.77. The van der Waals surface area contributed by atoms with E-state index < -0.39 is 0 Å². The molecule has 0 unspecified atom stereocenters. The second kappa shape index (κ2) is 4.53. The lowest BCUT2D eigenvalue weighted by atomic mass is 9.96. The molecular formula is C23H16OS. The van der Waals surface area contributed by atoms with E-state index in [1.807, 2.05) is 11.3 Å². The van der Waals surface area contributed by atoms with Gasteiger partial charge in [-0.15, -0.1) is 11.3 Å². The van der Waals surface area contributed by atoms with E-state index in [0.29, 0.717) is 0 Å². The molecule has 0 aliphatic heterocycles. The molecule has 4 aromatic rings. The van der Waals surface area contributed by atoms with E-state index in [0.717, 1.165) is 12.2 Å². The Labute approximate surface area is 150 Å². The van der Waals surface area contributed by atoms with Crippen molar-refractivity contribution in [1.82, 2.24) is 0 Å². The molecule has 120 valence electrons. The Bertz CT molecular complexity index is 1210. The van der Waals surface area contributed by atoms with Crippen LogP contribution in [0.25, 0.3) is 54.6 Å². The number of methoxy groups -OCH3 is 1. The minimum absolute atomic E-state index is 0.989. The van der Waals surface area contributed by atoms with E-state index >= 15 is 0 Å². The van der Waals surface area contributed by atoms with Gasteiger partial charge in [0, 0.05) is 31.8 Å². The smallest absolute Gasteiger partial charge is 0.127 e. The summed E-state index contributed by atoms with van der Waals surface area (Å²) >= 11 is 1.94. The molecule has 0 N–H and O–H groups in total. The molecule has 0 atom stereocenters. The summed E-state index contributed by atoms with van der Waals surface area (Å²) in [6, 6.07) is 17.9. The van der Waals surface area contributed by atoms with Crippen LogP contribution in [0.4, 0.5) is 0 Å². The molecule has 2 aliphatic carbocycles. The van der Waals surface area contributed by atoms with E-state index in [2.05, 4.69) is 55.5 Å². The summed E-state index contributed by atoms with van der Waals surface area (Å²) in [5.74, 6) is 0.989. The van der Waals surface area contributed by atoms with Gasteiger partial charge in [0.15, 0.2) is 0 Å². The summed E-state index contributed by atoms with van der Waals surface area (Å²) in [5.41, 5.74) is 9.34. The van der Waals surface area contributed by atoms with Gasteiger partial charge < -0.3 is 4.74 Å². The first-order valence-corrected chi connectivity index (χ1v) is 9.54. The molecular weight excluding hydrogens is 324 g/mol. The summed E-state index contributed by atoms with van der Waals surface area (Å²) in [6.45, 7) is 2.23. The number of hydrogen-bond acceptors (Lipinski definition) is 2. The average molecular weight is 340 g/mol. The molecule has 1 aromatic heterocycles. The van der Waals surface area contributed by atoms with Crippen molar-refractivity contribution in [3.8, 4) is 49.6 Å². The summed E-state index contributed by atoms with van der Waals surface area (Å²) < 4.78 is 5.85. The molecule has 0 saturated carbocycles. The molecule has 2 heteroatoms.